The molecule has 200 valence electrons. The van der Waals surface area contributed by atoms with Crippen molar-refractivity contribution in [1.82, 2.24) is 10.6 Å². The number of aryl methyl sites for hydroxylation is 1. The van der Waals surface area contributed by atoms with Gasteiger partial charge in [0.1, 0.15) is 0 Å². The van der Waals surface area contributed by atoms with Gasteiger partial charge in [0.25, 0.3) is 15.9 Å². The van der Waals surface area contributed by atoms with Crippen LogP contribution in [-0.2, 0) is 14.8 Å². The van der Waals surface area contributed by atoms with Gasteiger partial charge in [-0.3, -0.25) is 14.3 Å². The summed E-state index contributed by atoms with van der Waals surface area (Å²) in [7, 11) is -3.94. The topological polar surface area (TPSA) is 128 Å². The third kappa shape index (κ3) is 7.01. The number of anilines is 2. The lowest BCUT2D eigenvalue weighted by Crippen LogP contribution is -2.39. The highest BCUT2D eigenvalue weighted by Crippen LogP contribution is 2.34. The molecule has 0 bridgehead atoms. The maximum atomic E-state index is 13.2. The standard InChI is InChI=1S/C27H36N4O5S/c1-19-2-5-23(6-3-19)37(35,36)30-25-18-22(4-7-24(25)27(34)29-15-10-26(32)33)31-16-11-21(12-17-31)20-8-13-28-14-9-20/h2-7,18,20-21,28,30H,8-17H2,1H3,(H,29,34)(H,32,33). The van der Waals surface area contributed by atoms with Gasteiger partial charge in [-0.15, -0.1) is 0 Å². The maximum absolute atomic E-state index is 13.2. The summed E-state index contributed by atoms with van der Waals surface area (Å²) in [6, 6.07) is 11.6. The molecular weight excluding hydrogens is 492 g/mol. The number of nitrogens with zero attached hydrogens (tertiary/aromatic N) is 1. The van der Waals surface area contributed by atoms with Gasteiger partial charge in [0.2, 0.25) is 0 Å². The Kier molecular flexibility index (Phi) is 8.71. The van der Waals surface area contributed by atoms with E-state index in [2.05, 4.69) is 20.3 Å². The molecule has 37 heavy (non-hydrogen) atoms. The van der Waals surface area contributed by atoms with Gasteiger partial charge < -0.3 is 20.6 Å². The first-order valence-electron chi connectivity index (χ1n) is 12.9. The second-order valence-corrected chi connectivity index (χ2v) is 11.6. The zero-order valence-corrected chi connectivity index (χ0v) is 22.0. The van der Waals surface area contributed by atoms with Crippen LogP contribution in [0.1, 0.15) is 48.0 Å². The van der Waals surface area contributed by atoms with Crippen molar-refractivity contribution in [3.63, 3.8) is 0 Å². The predicted octanol–water partition coefficient (Wildman–Crippen LogP) is 3.22. The summed E-state index contributed by atoms with van der Waals surface area (Å²) < 4.78 is 28.9. The Morgan fingerprint density at radius 1 is 1.00 bits per heavy atom. The van der Waals surface area contributed by atoms with Crippen LogP contribution in [0.5, 0.6) is 0 Å². The smallest absolute Gasteiger partial charge is 0.305 e. The molecule has 0 radical (unpaired) electrons. The Morgan fingerprint density at radius 3 is 2.30 bits per heavy atom. The van der Waals surface area contributed by atoms with Gasteiger partial charge in [-0.2, -0.15) is 0 Å². The first-order chi connectivity index (χ1) is 17.7. The number of carboxylic acids is 1. The zero-order valence-electron chi connectivity index (χ0n) is 21.2. The largest absolute Gasteiger partial charge is 0.481 e. The van der Waals surface area contributed by atoms with E-state index in [4.69, 9.17) is 5.11 Å². The minimum absolute atomic E-state index is 0.0513. The number of piperidine rings is 2. The van der Waals surface area contributed by atoms with Crippen LogP contribution < -0.4 is 20.3 Å². The highest BCUT2D eigenvalue weighted by Gasteiger charge is 2.28. The number of aliphatic carboxylic acids is 1. The van der Waals surface area contributed by atoms with Crippen molar-refractivity contribution in [3.8, 4) is 0 Å². The average Bonchev–Trinajstić information content (AvgIpc) is 2.89. The summed E-state index contributed by atoms with van der Waals surface area (Å²) in [6.07, 6.45) is 4.40. The van der Waals surface area contributed by atoms with E-state index in [0.717, 1.165) is 56.2 Å². The third-order valence-corrected chi connectivity index (χ3v) is 8.78. The minimum Gasteiger partial charge on any atom is -0.481 e. The number of amides is 1. The van der Waals surface area contributed by atoms with Crippen molar-refractivity contribution in [2.45, 2.75) is 43.9 Å². The Bertz CT molecular complexity index is 1200. The number of rotatable bonds is 9. The van der Waals surface area contributed by atoms with Crippen LogP contribution in [0.4, 0.5) is 11.4 Å². The van der Waals surface area contributed by atoms with E-state index in [-0.39, 0.29) is 29.1 Å². The van der Waals surface area contributed by atoms with Crippen molar-refractivity contribution in [3.05, 3.63) is 53.6 Å². The van der Waals surface area contributed by atoms with Crippen molar-refractivity contribution in [2.75, 3.05) is 42.3 Å². The summed E-state index contributed by atoms with van der Waals surface area (Å²) in [4.78, 5) is 26.1. The Hall–Kier alpha value is -3.11. The van der Waals surface area contributed by atoms with E-state index in [9.17, 15) is 18.0 Å². The van der Waals surface area contributed by atoms with Crippen LogP contribution in [0.15, 0.2) is 47.4 Å². The number of hydrogen-bond donors (Lipinski definition) is 4. The number of hydrogen-bond acceptors (Lipinski definition) is 6. The molecule has 9 nitrogen and oxygen atoms in total. The summed E-state index contributed by atoms with van der Waals surface area (Å²) in [5.74, 6) is -0.0860. The number of carboxylic acid groups (broad SMARTS) is 1. The van der Waals surface area contributed by atoms with Gasteiger partial charge >= 0.3 is 5.97 Å². The van der Waals surface area contributed by atoms with E-state index in [1.165, 1.54) is 25.0 Å². The quantitative estimate of drug-likeness (QED) is 0.393. The molecule has 2 aliphatic rings. The van der Waals surface area contributed by atoms with Crippen LogP contribution in [0.25, 0.3) is 0 Å². The fourth-order valence-electron chi connectivity index (χ4n) is 5.26. The molecular formula is C27H36N4O5S. The lowest BCUT2D eigenvalue weighted by Gasteiger charge is -2.39. The fraction of sp³-hybridized carbons (Fsp3) is 0.481. The van der Waals surface area contributed by atoms with Crippen molar-refractivity contribution in [2.24, 2.45) is 11.8 Å². The molecule has 4 rings (SSSR count). The molecule has 2 saturated heterocycles. The Morgan fingerprint density at radius 2 is 1.65 bits per heavy atom. The van der Waals surface area contributed by atoms with Gasteiger partial charge in [-0.25, -0.2) is 8.42 Å². The number of benzene rings is 2. The molecule has 2 aromatic carbocycles. The molecule has 0 atom stereocenters. The number of carbonyl (C=O) groups excluding carboxylic acids is 1. The van der Waals surface area contributed by atoms with Gasteiger partial charge in [0.15, 0.2) is 0 Å². The predicted molar refractivity (Wildman–Crippen MR) is 144 cm³/mol. The molecule has 1 amide bonds. The monoisotopic (exact) mass is 528 g/mol. The number of sulfonamides is 1. The van der Waals surface area contributed by atoms with Crippen LogP contribution in [0.2, 0.25) is 0 Å². The average molecular weight is 529 g/mol. The lowest BCUT2D eigenvalue weighted by atomic mass is 9.79. The fourth-order valence-corrected chi connectivity index (χ4v) is 6.33. The molecule has 0 aliphatic carbocycles. The van der Waals surface area contributed by atoms with Crippen LogP contribution in [0, 0.1) is 18.8 Å². The summed E-state index contributed by atoms with van der Waals surface area (Å²) in [5, 5.41) is 14.9. The SMILES string of the molecule is Cc1ccc(S(=O)(=O)Nc2cc(N3CCC(C4CCNCC4)CC3)ccc2C(=O)NCCC(=O)O)cc1. The van der Waals surface area contributed by atoms with Gasteiger partial charge in [-0.05, 0) is 87.9 Å². The summed E-state index contributed by atoms with van der Waals surface area (Å²) in [6.45, 7) is 5.76. The first kappa shape index (κ1) is 26.9. The molecule has 4 N–H and O–H groups in total. The molecule has 0 unspecified atom stereocenters. The van der Waals surface area contributed by atoms with Crippen molar-refractivity contribution in [1.29, 1.82) is 0 Å². The van der Waals surface area contributed by atoms with E-state index in [1.54, 1.807) is 24.3 Å². The molecule has 0 spiro atoms. The highest BCUT2D eigenvalue weighted by molar-refractivity contribution is 7.92. The normalized spacial score (nSPS) is 17.4. The van der Waals surface area contributed by atoms with Crippen molar-refractivity contribution >= 4 is 33.3 Å². The third-order valence-electron chi connectivity index (χ3n) is 7.40. The van der Waals surface area contributed by atoms with Gasteiger partial charge in [-0.1, -0.05) is 17.7 Å². The van der Waals surface area contributed by atoms with E-state index in [1.807, 2.05) is 13.0 Å². The lowest BCUT2D eigenvalue weighted by molar-refractivity contribution is -0.136. The Labute approximate surface area is 218 Å². The van der Waals surface area contributed by atoms with Gasteiger partial charge in [0.05, 0.1) is 22.6 Å². The molecule has 0 saturated carbocycles. The van der Waals surface area contributed by atoms with E-state index < -0.39 is 21.9 Å². The first-order valence-corrected chi connectivity index (χ1v) is 14.4. The molecule has 2 fully saturated rings. The van der Waals surface area contributed by atoms with E-state index >= 15 is 0 Å². The van der Waals surface area contributed by atoms with Crippen LogP contribution in [-0.4, -0.2) is 58.1 Å². The molecule has 2 aromatic rings. The second kappa shape index (κ2) is 12.0. The van der Waals surface area contributed by atoms with E-state index in [0.29, 0.717) is 5.92 Å². The molecule has 2 aliphatic heterocycles. The highest BCUT2D eigenvalue weighted by atomic mass is 32.2. The maximum Gasteiger partial charge on any atom is 0.305 e. The molecule has 10 heteroatoms. The number of nitrogens with one attached hydrogen (secondary N) is 3. The second-order valence-electron chi connectivity index (χ2n) is 9.96. The Balaban J connectivity index is 1.54. The minimum atomic E-state index is -3.94. The zero-order chi connectivity index (χ0) is 26.4. The number of carbonyl (C=O) groups is 2. The summed E-state index contributed by atoms with van der Waals surface area (Å²) >= 11 is 0. The molecule has 2 heterocycles. The van der Waals surface area contributed by atoms with Crippen molar-refractivity contribution < 1.29 is 23.1 Å². The van der Waals surface area contributed by atoms with Gasteiger partial charge in [0, 0.05) is 25.3 Å². The van der Waals surface area contributed by atoms with Crippen LogP contribution in [0.3, 0.4) is 0 Å². The summed E-state index contributed by atoms with van der Waals surface area (Å²) in [5.41, 5.74) is 2.11. The molecule has 0 aromatic heterocycles. The van der Waals surface area contributed by atoms with Crippen LogP contribution >= 0.6 is 0 Å².